The van der Waals surface area contributed by atoms with Crippen LogP contribution in [0.2, 0.25) is 4.34 Å². The van der Waals surface area contributed by atoms with Crippen LogP contribution in [0.1, 0.15) is 4.88 Å². The number of thioether (sulfide) groups is 1. The number of halogens is 1. The van der Waals surface area contributed by atoms with E-state index in [1.807, 2.05) is 6.07 Å². The smallest absolute Gasteiger partial charge is 0.272 e. The van der Waals surface area contributed by atoms with Crippen molar-refractivity contribution in [2.75, 3.05) is 7.05 Å². The summed E-state index contributed by atoms with van der Waals surface area (Å²) in [4.78, 5) is 25.1. The fraction of sp³-hybridized carbons (Fsp3) is 0.111. The molecule has 0 spiro atoms. The SMILES string of the molecule is CN1C(=O)SC(=Cc2ccc(Cl)s2)C1=O. The number of imide groups is 1. The maximum absolute atomic E-state index is 11.5. The van der Waals surface area contributed by atoms with Gasteiger partial charge in [0.15, 0.2) is 0 Å². The number of likely N-dealkylation sites (N-methyl/N-ethyl adjacent to an activating group) is 1. The van der Waals surface area contributed by atoms with Crippen LogP contribution in [-0.4, -0.2) is 23.1 Å². The molecule has 15 heavy (non-hydrogen) atoms. The van der Waals surface area contributed by atoms with Crippen molar-refractivity contribution in [2.24, 2.45) is 0 Å². The van der Waals surface area contributed by atoms with Crippen LogP contribution < -0.4 is 0 Å². The van der Waals surface area contributed by atoms with E-state index >= 15 is 0 Å². The molecule has 78 valence electrons. The van der Waals surface area contributed by atoms with Crippen molar-refractivity contribution in [3.63, 3.8) is 0 Å². The quantitative estimate of drug-likeness (QED) is 0.728. The Balaban J connectivity index is 2.29. The van der Waals surface area contributed by atoms with Crippen LogP contribution in [0.25, 0.3) is 6.08 Å². The first-order valence-corrected chi connectivity index (χ1v) is 6.06. The third-order valence-corrected chi connectivity index (χ3v) is 3.99. The highest BCUT2D eigenvalue weighted by Crippen LogP contribution is 2.33. The van der Waals surface area contributed by atoms with Gasteiger partial charge in [0, 0.05) is 11.9 Å². The van der Waals surface area contributed by atoms with Gasteiger partial charge in [-0.25, -0.2) is 0 Å². The standard InChI is InChI=1S/C9H6ClNO2S2/c1-11-8(12)6(15-9(11)13)4-5-2-3-7(10)14-5/h2-4H,1H3. The number of amides is 2. The summed E-state index contributed by atoms with van der Waals surface area (Å²) < 4.78 is 0.664. The molecular weight excluding hydrogens is 254 g/mol. The van der Waals surface area contributed by atoms with Crippen molar-refractivity contribution >= 4 is 51.9 Å². The summed E-state index contributed by atoms with van der Waals surface area (Å²) in [5.41, 5.74) is 0. The van der Waals surface area contributed by atoms with E-state index < -0.39 is 0 Å². The summed E-state index contributed by atoms with van der Waals surface area (Å²) in [5, 5.41) is -0.242. The topological polar surface area (TPSA) is 37.4 Å². The number of carbonyl (C=O) groups excluding carboxylic acids is 2. The fourth-order valence-corrected chi connectivity index (χ4v) is 2.98. The first-order valence-electron chi connectivity index (χ1n) is 4.05. The van der Waals surface area contributed by atoms with Gasteiger partial charge < -0.3 is 0 Å². The molecule has 1 aromatic heterocycles. The van der Waals surface area contributed by atoms with Crippen molar-refractivity contribution in [1.82, 2.24) is 4.90 Å². The lowest BCUT2D eigenvalue weighted by molar-refractivity contribution is -0.121. The van der Waals surface area contributed by atoms with Gasteiger partial charge in [-0.2, -0.15) is 0 Å². The van der Waals surface area contributed by atoms with Gasteiger partial charge in [0.05, 0.1) is 9.24 Å². The molecule has 1 aromatic rings. The van der Waals surface area contributed by atoms with Crippen molar-refractivity contribution in [3.8, 4) is 0 Å². The average molecular weight is 260 g/mol. The Bertz CT molecular complexity index is 466. The molecule has 2 heterocycles. The minimum atomic E-state index is -0.255. The van der Waals surface area contributed by atoms with Crippen LogP contribution in [0.4, 0.5) is 4.79 Å². The zero-order valence-corrected chi connectivity index (χ0v) is 10.1. The monoisotopic (exact) mass is 259 g/mol. The zero-order valence-electron chi connectivity index (χ0n) is 7.69. The van der Waals surface area contributed by atoms with Crippen molar-refractivity contribution < 1.29 is 9.59 Å². The molecule has 0 saturated carbocycles. The summed E-state index contributed by atoms with van der Waals surface area (Å²) in [6.45, 7) is 0. The molecule has 0 radical (unpaired) electrons. The molecule has 2 rings (SSSR count). The molecule has 0 unspecified atom stereocenters. The Kier molecular flexibility index (Phi) is 2.86. The van der Waals surface area contributed by atoms with E-state index in [9.17, 15) is 9.59 Å². The summed E-state index contributed by atoms with van der Waals surface area (Å²) in [7, 11) is 1.47. The largest absolute Gasteiger partial charge is 0.293 e. The highest BCUT2D eigenvalue weighted by Gasteiger charge is 2.31. The van der Waals surface area contributed by atoms with Gasteiger partial charge >= 0.3 is 0 Å². The van der Waals surface area contributed by atoms with Crippen LogP contribution in [-0.2, 0) is 4.79 Å². The predicted molar refractivity (Wildman–Crippen MR) is 63.1 cm³/mol. The highest BCUT2D eigenvalue weighted by molar-refractivity contribution is 8.18. The lowest BCUT2D eigenvalue weighted by atomic mass is 10.4. The normalized spacial score (nSPS) is 19.3. The number of carbonyl (C=O) groups is 2. The molecule has 0 atom stereocenters. The van der Waals surface area contributed by atoms with E-state index in [1.54, 1.807) is 12.1 Å². The van der Waals surface area contributed by atoms with Crippen molar-refractivity contribution in [1.29, 1.82) is 0 Å². The molecule has 1 aliphatic rings. The average Bonchev–Trinajstić information content (AvgIpc) is 2.68. The second kappa shape index (κ2) is 4.00. The van der Waals surface area contributed by atoms with Gasteiger partial charge in [-0.15, -0.1) is 11.3 Å². The third kappa shape index (κ3) is 2.09. The van der Waals surface area contributed by atoms with Crippen molar-refractivity contribution in [3.05, 3.63) is 26.3 Å². The summed E-state index contributed by atoms with van der Waals surface area (Å²) in [5.74, 6) is -0.255. The summed E-state index contributed by atoms with van der Waals surface area (Å²) >= 11 is 8.08. The number of hydrogen-bond acceptors (Lipinski definition) is 4. The Hall–Kier alpha value is -0.780. The molecule has 1 saturated heterocycles. The van der Waals surface area contributed by atoms with Crippen LogP contribution in [0, 0.1) is 0 Å². The Labute approximate surface area is 99.7 Å². The lowest BCUT2D eigenvalue weighted by Gasteiger charge is -2.00. The van der Waals surface area contributed by atoms with Crippen LogP contribution in [0.15, 0.2) is 17.0 Å². The van der Waals surface area contributed by atoms with E-state index in [0.717, 1.165) is 21.5 Å². The Morgan fingerprint density at radius 2 is 2.13 bits per heavy atom. The van der Waals surface area contributed by atoms with E-state index in [0.29, 0.717) is 9.24 Å². The molecule has 1 fully saturated rings. The molecule has 1 aliphatic heterocycles. The molecular formula is C9H6ClNO2S2. The van der Waals surface area contributed by atoms with E-state index in [2.05, 4.69) is 0 Å². The zero-order chi connectivity index (χ0) is 11.0. The molecule has 6 heteroatoms. The van der Waals surface area contributed by atoms with E-state index in [4.69, 9.17) is 11.6 Å². The Morgan fingerprint density at radius 1 is 1.40 bits per heavy atom. The van der Waals surface area contributed by atoms with E-state index in [-0.39, 0.29) is 11.1 Å². The molecule has 2 amide bonds. The molecule has 0 aliphatic carbocycles. The van der Waals surface area contributed by atoms with Gasteiger partial charge in [-0.1, -0.05) is 11.6 Å². The number of hydrogen-bond donors (Lipinski definition) is 0. The molecule has 0 N–H and O–H groups in total. The first-order chi connectivity index (χ1) is 7.08. The van der Waals surface area contributed by atoms with Gasteiger partial charge in [0.1, 0.15) is 0 Å². The fourth-order valence-electron chi connectivity index (χ4n) is 1.08. The van der Waals surface area contributed by atoms with Crippen LogP contribution in [0.3, 0.4) is 0 Å². The van der Waals surface area contributed by atoms with E-state index in [1.165, 1.54) is 18.4 Å². The number of thiophene rings is 1. The van der Waals surface area contributed by atoms with Gasteiger partial charge in [0.2, 0.25) is 0 Å². The first kappa shape index (κ1) is 10.7. The number of rotatable bonds is 1. The van der Waals surface area contributed by atoms with Crippen LogP contribution in [0.5, 0.6) is 0 Å². The molecule has 0 bridgehead atoms. The minimum absolute atomic E-state index is 0.242. The van der Waals surface area contributed by atoms with Crippen molar-refractivity contribution in [2.45, 2.75) is 0 Å². The third-order valence-electron chi connectivity index (χ3n) is 1.85. The minimum Gasteiger partial charge on any atom is -0.272 e. The highest BCUT2D eigenvalue weighted by atomic mass is 35.5. The second-order valence-electron chi connectivity index (χ2n) is 2.88. The maximum atomic E-state index is 11.5. The summed E-state index contributed by atoms with van der Waals surface area (Å²) in [6, 6.07) is 3.57. The second-order valence-corrected chi connectivity index (χ2v) is 5.62. The van der Waals surface area contributed by atoms with Gasteiger partial charge in [-0.3, -0.25) is 14.5 Å². The molecule has 3 nitrogen and oxygen atoms in total. The summed E-state index contributed by atoms with van der Waals surface area (Å²) in [6.07, 6.45) is 1.69. The Morgan fingerprint density at radius 3 is 2.60 bits per heavy atom. The van der Waals surface area contributed by atoms with Gasteiger partial charge in [-0.05, 0) is 30.0 Å². The maximum Gasteiger partial charge on any atom is 0.293 e. The number of nitrogens with zero attached hydrogens (tertiary/aromatic N) is 1. The van der Waals surface area contributed by atoms with Crippen LogP contribution >= 0.6 is 34.7 Å². The predicted octanol–water partition coefficient (Wildman–Crippen LogP) is 3.07. The lowest BCUT2D eigenvalue weighted by Crippen LogP contribution is -2.22. The van der Waals surface area contributed by atoms with Gasteiger partial charge in [0.25, 0.3) is 11.1 Å². The molecule has 0 aromatic carbocycles.